The average Bonchev–Trinajstić information content (AvgIpc) is 2.47. The quantitative estimate of drug-likeness (QED) is 0.617. The summed E-state index contributed by atoms with van der Waals surface area (Å²) in [7, 11) is 0. The van der Waals surface area contributed by atoms with E-state index in [1.165, 1.54) is 19.3 Å². The van der Waals surface area contributed by atoms with Gasteiger partial charge in [0.1, 0.15) is 5.82 Å². The second-order valence-corrected chi connectivity index (χ2v) is 5.30. The predicted molar refractivity (Wildman–Crippen MR) is 73.9 cm³/mol. The summed E-state index contributed by atoms with van der Waals surface area (Å²) in [5.74, 6) is 6.87. The normalized spacial score (nSPS) is 26.9. The molecule has 0 radical (unpaired) electrons. The number of fused-ring (bicyclic) bond motifs is 1. The maximum Gasteiger partial charge on any atom is 0.239 e. The molecule has 0 spiro atoms. The number of nitrogen functional groups attached to an aromatic ring is 1. The molecule has 3 N–H and O–H groups in total. The van der Waals surface area contributed by atoms with Gasteiger partial charge in [0, 0.05) is 18.3 Å². The molecule has 2 aliphatic rings. The van der Waals surface area contributed by atoms with Crippen LogP contribution in [-0.4, -0.2) is 35.3 Å². The van der Waals surface area contributed by atoms with Crippen LogP contribution in [0.15, 0.2) is 6.20 Å². The van der Waals surface area contributed by atoms with Crippen molar-refractivity contribution in [1.82, 2.24) is 9.97 Å². The third kappa shape index (κ3) is 2.37. The van der Waals surface area contributed by atoms with Gasteiger partial charge >= 0.3 is 0 Å². The number of nitrogens with two attached hydrogens (primary N) is 1. The average molecular weight is 263 g/mol. The molecule has 0 bridgehead atoms. The number of nitrogens with zero attached hydrogens (tertiary/aromatic N) is 3. The molecule has 0 amide bonds. The lowest BCUT2D eigenvalue weighted by atomic mass is 9.90. The van der Waals surface area contributed by atoms with E-state index in [2.05, 4.69) is 20.3 Å². The molecular formula is C13H21N5O. The van der Waals surface area contributed by atoms with Crippen molar-refractivity contribution in [2.45, 2.75) is 44.8 Å². The summed E-state index contributed by atoms with van der Waals surface area (Å²) in [6.45, 7) is 3.71. The van der Waals surface area contributed by atoms with Crippen molar-refractivity contribution >= 4 is 11.8 Å². The summed E-state index contributed by atoms with van der Waals surface area (Å²) >= 11 is 0. The lowest BCUT2D eigenvalue weighted by Gasteiger charge is -2.44. The highest BCUT2D eigenvalue weighted by atomic mass is 16.5. The van der Waals surface area contributed by atoms with E-state index in [4.69, 9.17) is 10.6 Å². The second-order valence-electron chi connectivity index (χ2n) is 5.30. The van der Waals surface area contributed by atoms with Gasteiger partial charge in [-0.3, -0.25) is 5.43 Å². The van der Waals surface area contributed by atoms with E-state index >= 15 is 0 Å². The fourth-order valence-corrected chi connectivity index (χ4v) is 3.15. The number of aromatic nitrogens is 2. The van der Waals surface area contributed by atoms with Gasteiger partial charge < -0.3 is 9.64 Å². The Balaban J connectivity index is 1.91. The molecule has 1 aromatic heterocycles. The molecule has 2 atom stereocenters. The van der Waals surface area contributed by atoms with E-state index < -0.39 is 0 Å². The highest BCUT2D eigenvalue weighted by molar-refractivity contribution is 5.50. The maximum atomic E-state index is 5.90. The number of morpholine rings is 1. The van der Waals surface area contributed by atoms with Crippen molar-refractivity contribution in [3.05, 3.63) is 11.8 Å². The van der Waals surface area contributed by atoms with Gasteiger partial charge in [0.2, 0.25) is 5.95 Å². The number of rotatable bonds is 2. The zero-order valence-electron chi connectivity index (χ0n) is 11.3. The lowest BCUT2D eigenvalue weighted by Crippen LogP contribution is -2.53. The van der Waals surface area contributed by atoms with E-state index in [0.717, 1.165) is 31.0 Å². The van der Waals surface area contributed by atoms with Crippen LogP contribution in [0.4, 0.5) is 11.8 Å². The van der Waals surface area contributed by atoms with E-state index in [0.29, 0.717) is 18.1 Å². The molecule has 19 heavy (non-hydrogen) atoms. The van der Waals surface area contributed by atoms with Crippen molar-refractivity contribution in [2.75, 3.05) is 23.5 Å². The van der Waals surface area contributed by atoms with Gasteiger partial charge in [0.15, 0.2) is 0 Å². The van der Waals surface area contributed by atoms with Gasteiger partial charge in [0.25, 0.3) is 0 Å². The molecule has 0 aromatic carbocycles. The largest absolute Gasteiger partial charge is 0.374 e. The molecule has 2 unspecified atom stereocenters. The molecule has 104 valence electrons. The molecule has 3 rings (SSSR count). The Morgan fingerprint density at radius 3 is 3.11 bits per heavy atom. The Kier molecular flexibility index (Phi) is 3.52. The molecular weight excluding hydrogens is 242 g/mol. The summed E-state index contributed by atoms with van der Waals surface area (Å²) in [6, 6.07) is 0.446. The Morgan fingerprint density at radius 1 is 1.42 bits per heavy atom. The number of anilines is 2. The molecule has 2 heterocycles. The van der Waals surface area contributed by atoms with Crippen LogP contribution in [0, 0.1) is 6.92 Å². The van der Waals surface area contributed by atoms with Crippen LogP contribution in [0.3, 0.4) is 0 Å². The number of nitrogens with one attached hydrogen (secondary N) is 1. The summed E-state index contributed by atoms with van der Waals surface area (Å²) in [6.07, 6.45) is 7.06. The highest BCUT2D eigenvalue weighted by Gasteiger charge is 2.35. The first-order valence-electron chi connectivity index (χ1n) is 6.98. The molecule has 1 aliphatic heterocycles. The fraction of sp³-hybridized carbons (Fsp3) is 0.692. The Labute approximate surface area is 113 Å². The molecule has 1 saturated heterocycles. The van der Waals surface area contributed by atoms with Crippen molar-refractivity contribution in [3.63, 3.8) is 0 Å². The number of aryl methyl sites for hydroxylation is 1. The Hall–Kier alpha value is -1.40. The van der Waals surface area contributed by atoms with Gasteiger partial charge in [-0.25, -0.2) is 10.8 Å². The van der Waals surface area contributed by atoms with Crippen molar-refractivity contribution in [1.29, 1.82) is 0 Å². The highest BCUT2D eigenvalue weighted by Crippen LogP contribution is 2.32. The summed E-state index contributed by atoms with van der Waals surface area (Å²) < 4.78 is 5.90. The van der Waals surface area contributed by atoms with Gasteiger partial charge in [-0.05, 0) is 19.8 Å². The van der Waals surface area contributed by atoms with Gasteiger partial charge in [-0.15, -0.1) is 0 Å². The van der Waals surface area contributed by atoms with Crippen molar-refractivity contribution < 1.29 is 4.74 Å². The van der Waals surface area contributed by atoms with E-state index in [1.807, 2.05) is 13.1 Å². The zero-order chi connectivity index (χ0) is 13.2. The first-order valence-corrected chi connectivity index (χ1v) is 6.98. The monoisotopic (exact) mass is 263 g/mol. The number of hydrogen-bond donors (Lipinski definition) is 2. The molecule has 6 nitrogen and oxygen atoms in total. The number of hydrazine groups is 1. The SMILES string of the molecule is Cc1cnc(NN)nc1N1CCOC2CCCCC21. The van der Waals surface area contributed by atoms with Crippen molar-refractivity contribution in [2.24, 2.45) is 5.84 Å². The molecule has 1 aromatic rings. The zero-order valence-corrected chi connectivity index (χ0v) is 11.3. The Morgan fingerprint density at radius 2 is 2.26 bits per heavy atom. The molecule has 6 heteroatoms. The van der Waals surface area contributed by atoms with Crippen LogP contribution in [0.1, 0.15) is 31.2 Å². The summed E-state index contributed by atoms with van der Waals surface area (Å²) in [4.78, 5) is 11.1. The second kappa shape index (κ2) is 5.30. The fourth-order valence-electron chi connectivity index (χ4n) is 3.15. The number of hydrogen-bond acceptors (Lipinski definition) is 6. The van der Waals surface area contributed by atoms with Crippen LogP contribution in [0.25, 0.3) is 0 Å². The third-order valence-corrected chi connectivity index (χ3v) is 4.08. The van der Waals surface area contributed by atoms with E-state index in [-0.39, 0.29) is 0 Å². The van der Waals surface area contributed by atoms with E-state index in [1.54, 1.807) is 0 Å². The summed E-state index contributed by atoms with van der Waals surface area (Å²) in [5.41, 5.74) is 3.61. The van der Waals surface area contributed by atoms with Crippen LogP contribution in [0.5, 0.6) is 0 Å². The van der Waals surface area contributed by atoms with Gasteiger partial charge in [-0.1, -0.05) is 12.8 Å². The topological polar surface area (TPSA) is 76.3 Å². The lowest BCUT2D eigenvalue weighted by molar-refractivity contribution is -0.00903. The molecule has 2 fully saturated rings. The van der Waals surface area contributed by atoms with E-state index in [9.17, 15) is 0 Å². The smallest absolute Gasteiger partial charge is 0.239 e. The van der Waals surface area contributed by atoms with Crippen LogP contribution in [0.2, 0.25) is 0 Å². The Bertz CT molecular complexity index is 451. The van der Waals surface area contributed by atoms with Gasteiger partial charge in [0.05, 0.1) is 18.8 Å². The first kappa shape index (κ1) is 12.6. The number of ether oxygens (including phenoxy) is 1. The maximum absolute atomic E-state index is 5.90. The predicted octanol–water partition coefficient (Wildman–Crippen LogP) is 1.22. The van der Waals surface area contributed by atoms with Crippen LogP contribution in [-0.2, 0) is 4.74 Å². The standard InChI is InChI=1S/C13H21N5O/c1-9-8-15-13(17-14)16-12(9)18-6-7-19-11-5-3-2-4-10(11)18/h8,10-11H,2-7,14H2,1H3,(H,15,16,17). The first-order chi connectivity index (χ1) is 9.29. The molecule has 1 saturated carbocycles. The summed E-state index contributed by atoms with van der Waals surface area (Å²) in [5, 5.41) is 0. The third-order valence-electron chi connectivity index (χ3n) is 4.08. The molecule has 1 aliphatic carbocycles. The minimum absolute atomic E-state index is 0.353. The van der Waals surface area contributed by atoms with Gasteiger partial charge in [-0.2, -0.15) is 4.98 Å². The van der Waals surface area contributed by atoms with Crippen molar-refractivity contribution in [3.8, 4) is 0 Å². The minimum Gasteiger partial charge on any atom is -0.374 e. The minimum atomic E-state index is 0.353. The van der Waals surface area contributed by atoms with Crippen LogP contribution >= 0.6 is 0 Å². The van der Waals surface area contributed by atoms with Crippen LogP contribution < -0.4 is 16.2 Å².